The van der Waals surface area contributed by atoms with Crippen LogP contribution in [0.1, 0.15) is 21.5 Å². The molecule has 0 bridgehead atoms. The van der Waals surface area contributed by atoms with Crippen molar-refractivity contribution in [1.29, 1.82) is 0 Å². The van der Waals surface area contributed by atoms with Gasteiger partial charge < -0.3 is 14.2 Å². The Morgan fingerprint density at radius 1 is 1.10 bits per heavy atom. The number of Topliss-reactive ketones (excluding diaryl/α,β-unsaturated/α-hetero) is 1. The van der Waals surface area contributed by atoms with Crippen molar-refractivity contribution in [1.82, 2.24) is 0 Å². The van der Waals surface area contributed by atoms with Gasteiger partial charge in [0.15, 0.2) is 5.76 Å². The average Bonchev–Trinajstić information content (AvgIpc) is 3.02. The highest BCUT2D eigenvalue weighted by atomic mass is 35.5. The van der Waals surface area contributed by atoms with Crippen LogP contribution in [0.2, 0.25) is 5.02 Å². The summed E-state index contributed by atoms with van der Waals surface area (Å²) in [6.45, 7) is 0.162. The van der Waals surface area contributed by atoms with Gasteiger partial charge in [-0.3, -0.25) is 4.79 Å². The van der Waals surface area contributed by atoms with E-state index in [4.69, 9.17) is 25.8 Å². The Kier molecular flexibility index (Phi) is 5.23. The van der Waals surface area contributed by atoms with E-state index in [1.165, 1.54) is 12.1 Å². The van der Waals surface area contributed by atoms with E-state index in [-0.39, 0.29) is 18.1 Å². The largest absolute Gasteiger partial charge is 0.496 e. The molecule has 29 heavy (non-hydrogen) atoms. The predicted molar refractivity (Wildman–Crippen MR) is 108 cm³/mol. The lowest BCUT2D eigenvalue weighted by atomic mass is 10.1. The van der Waals surface area contributed by atoms with Crippen LogP contribution in [-0.4, -0.2) is 12.9 Å². The first-order valence-electron chi connectivity index (χ1n) is 8.83. The first kappa shape index (κ1) is 19.0. The van der Waals surface area contributed by atoms with Crippen molar-refractivity contribution in [2.75, 3.05) is 7.11 Å². The molecule has 1 aliphatic rings. The third-order valence-corrected chi connectivity index (χ3v) is 4.83. The molecule has 0 saturated carbocycles. The lowest BCUT2D eigenvalue weighted by Crippen LogP contribution is -1.98. The minimum atomic E-state index is -0.405. The average molecular weight is 411 g/mol. The summed E-state index contributed by atoms with van der Waals surface area (Å²) in [5, 5.41) is 0.291. The molecule has 0 saturated heterocycles. The standard InChI is InChI=1S/C23H16ClFO4/c1-27-20-5-3-2-4-14(20)10-22-23(26)18-9-8-17(12-21(18)29-22)28-13-15-6-7-16(25)11-19(15)24/h2-12H,13H2,1H3/b22-10+. The van der Waals surface area contributed by atoms with E-state index >= 15 is 0 Å². The van der Waals surface area contributed by atoms with E-state index in [9.17, 15) is 9.18 Å². The minimum Gasteiger partial charge on any atom is -0.496 e. The lowest BCUT2D eigenvalue weighted by molar-refractivity contribution is 0.101. The van der Waals surface area contributed by atoms with Crippen molar-refractivity contribution in [2.45, 2.75) is 6.61 Å². The van der Waals surface area contributed by atoms with Crippen LogP contribution in [0.25, 0.3) is 6.08 Å². The maximum atomic E-state index is 13.2. The predicted octanol–water partition coefficient (Wildman–Crippen LogP) is 5.68. The summed E-state index contributed by atoms with van der Waals surface area (Å²) in [6, 6.07) is 16.5. The molecule has 0 aliphatic carbocycles. The number of allylic oxidation sites excluding steroid dienone is 1. The molecule has 3 aromatic carbocycles. The number of rotatable bonds is 5. The summed E-state index contributed by atoms with van der Waals surface area (Å²) in [6.07, 6.45) is 1.65. The Balaban J connectivity index is 1.53. The van der Waals surface area contributed by atoms with Crippen molar-refractivity contribution >= 4 is 23.5 Å². The zero-order valence-corrected chi connectivity index (χ0v) is 16.2. The van der Waals surface area contributed by atoms with Crippen LogP contribution in [0.3, 0.4) is 0 Å². The Bertz CT molecular complexity index is 1120. The van der Waals surface area contributed by atoms with Gasteiger partial charge in [0.25, 0.3) is 0 Å². The fourth-order valence-electron chi connectivity index (χ4n) is 2.98. The second-order valence-electron chi connectivity index (χ2n) is 6.36. The zero-order valence-electron chi connectivity index (χ0n) is 15.4. The van der Waals surface area contributed by atoms with E-state index in [1.54, 1.807) is 37.5 Å². The summed E-state index contributed by atoms with van der Waals surface area (Å²) in [7, 11) is 1.57. The lowest BCUT2D eigenvalue weighted by Gasteiger charge is -2.09. The topological polar surface area (TPSA) is 44.8 Å². The first-order valence-corrected chi connectivity index (χ1v) is 9.21. The van der Waals surface area contributed by atoms with Crippen molar-refractivity contribution < 1.29 is 23.4 Å². The van der Waals surface area contributed by atoms with E-state index in [1.807, 2.05) is 24.3 Å². The highest BCUT2D eigenvalue weighted by Crippen LogP contribution is 2.36. The van der Waals surface area contributed by atoms with E-state index in [2.05, 4.69) is 0 Å². The van der Waals surface area contributed by atoms with Crippen LogP contribution in [0.4, 0.5) is 4.39 Å². The van der Waals surface area contributed by atoms with Crippen LogP contribution in [0, 0.1) is 5.82 Å². The van der Waals surface area contributed by atoms with Crippen LogP contribution >= 0.6 is 11.6 Å². The normalized spacial score (nSPS) is 13.9. The molecule has 0 fully saturated rings. The fraction of sp³-hybridized carbons (Fsp3) is 0.0870. The number of carbonyl (C=O) groups is 1. The Morgan fingerprint density at radius 2 is 1.93 bits per heavy atom. The Morgan fingerprint density at radius 3 is 2.72 bits per heavy atom. The van der Waals surface area contributed by atoms with Crippen LogP contribution in [-0.2, 0) is 6.61 Å². The number of ketones is 1. The molecule has 6 heteroatoms. The van der Waals surface area contributed by atoms with Gasteiger partial charge in [0.05, 0.1) is 17.7 Å². The van der Waals surface area contributed by atoms with Gasteiger partial charge >= 0.3 is 0 Å². The van der Waals surface area contributed by atoms with Crippen molar-refractivity contribution in [2.24, 2.45) is 0 Å². The van der Waals surface area contributed by atoms with E-state index in [0.717, 1.165) is 5.56 Å². The van der Waals surface area contributed by atoms with Gasteiger partial charge in [0.2, 0.25) is 5.78 Å². The molecule has 1 heterocycles. The molecule has 146 valence electrons. The smallest absolute Gasteiger partial charge is 0.231 e. The molecule has 4 rings (SSSR count). The molecule has 0 atom stereocenters. The van der Waals surface area contributed by atoms with Crippen molar-refractivity contribution in [3.63, 3.8) is 0 Å². The molecule has 1 aliphatic heterocycles. The van der Waals surface area contributed by atoms with Gasteiger partial charge in [0.1, 0.15) is 29.7 Å². The van der Waals surface area contributed by atoms with Gasteiger partial charge in [-0.15, -0.1) is 0 Å². The van der Waals surface area contributed by atoms with Crippen LogP contribution < -0.4 is 14.2 Å². The summed E-state index contributed by atoms with van der Waals surface area (Å²) < 4.78 is 29.9. The summed E-state index contributed by atoms with van der Waals surface area (Å²) >= 11 is 6.02. The number of ether oxygens (including phenoxy) is 3. The monoisotopic (exact) mass is 410 g/mol. The van der Waals surface area contributed by atoms with Gasteiger partial charge in [-0.05, 0) is 36.4 Å². The Hall–Kier alpha value is -3.31. The maximum Gasteiger partial charge on any atom is 0.231 e. The van der Waals surface area contributed by atoms with Crippen LogP contribution in [0.5, 0.6) is 17.2 Å². The number of methoxy groups -OCH3 is 1. The molecule has 0 unspecified atom stereocenters. The molecule has 3 aromatic rings. The Labute approximate surface area is 172 Å². The molecule has 0 radical (unpaired) electrons. The van der Waals surface area contributed by atoms with E-state index < -0.39 is 5.82 Å². The molecular weight excluding hydrogens is 395 g/mol. The highest BCUT2D eigenvalue weighted by molar-refractivity contribution is 6.31. The third-order valence-electron chi connectivity index (χ3n) is 4.48. The van der Waals surface area contributed by atoms with Gasteiger partial charge in [0, 0.05) is 17.2 Å². The number of para-hydroxylation sites is 1. The number of benzene rings is 3. The number of hydrogen-bond donors (Lipinski definition) is 0. The molecule has 4 nitrogen and oxygen atoms in total. The SMILES string of the molecule is COc1ccccc1/C=C1/Oc2cc(OCc3ccc(F)cc3Cl)ccc2C1=O. The second-order valence-corrected chi connectivity index (χ2v) is 6.77. The first-order chi connectivity index (χ1) is 14.0. The maximum absolute atomic E-state index is 13.2. The molecular formula is C23H16ClFO4. The summed E-state index contributed by atoms with van der Waals surface area (Å²) in [5.41, 5.74) is 1.86. The third kappa shape index (κ3) is 3.96. The van der Waals surface area contributed by atoms with Gasteiger partial charge in [-0.1, -0.05) is 35.9 Å². The van der Waals surface area contributed by atoms with Gasteiger partial charge in [-0.25, -0.2) is 4.39 Å². The molecule has 0 amide bonds. The number of carbonyl (C=O) groups excluding carboxylic acids is 1. The molecule has 0 aromatic heterocycles. The number of fused-ring (bicyclic) bond motifs is 1. The zero-order chi connectivity index (χ0) is 20.4. The minimum absolute atomic E-state index is 0.162. The molecule has 0 N–H and O–H groups in total. The van der Waals surface area contributed by atoms with E-state index in [0.29, 0.717) is 33.4 Å². The fourth-order valence-corrected chi connectivity index (χ4v) is 3.21. The van der Waals surface area contributed by atoms with Crippen LogP contribution in [0.15, 0.2) is 66.4 Å². The number of hydrogen-bond acceptors (Lipinski definition) is 4. The molecule has 0 spiro atoms. The highest BCUT2D eigenvalue weighted by Gasteiger charge is 2.28. The number of halogens is 2. The second kappa shape index (κ2) is 7.97. The summed E-state index contributed by atoms with van der Waals surface area (Å²) in [5.74, 6) is 1.17. The van der Waals surface area contributed by atoms with Gasteiger partial charge in [-0.2, -0.15) is 0 Å². The summed E-state index contributed by atoms with van der Waals surface area (Å²) in [4.78, 5) is 12.6. The van der Waals surface area contributed by atoms with Crippen molar-refractivity contribution in [3.8, 4) is 17.2 Å². The van der Waals surface area contributed by atoms with Crippen molar-refractivity contribution in [3.05, 3.63) is 94.0 Å². The quantitative estimate of drug-likeness (QED) is 0.507.